The molecule has 3 saturated carbocycles. The highest BCUT2D eigenvalue weighted by atomic mass is 19.4. The first-order valence-corrected chi connectivity index (χ1v) is 13.3. The Hall–Kier alpha value is -3.76. The summed E-state index contributed by atoms with van der Waals surface area (Å²) in [7, 11) is 0. The standard InChI is InChI=1S/C29H34F3N3O5/c1-28(2)21-8-7-20(24(28)15-21)17-35(27(39)34-22-9-11-23(12-10-22)40-29(30,31)32)16-18-3-5-19(6-4-18)26(38)33-14-13-25(36)37/h3-6,9-12,20-21,24H,7-8,13-17H2,1-2H3,(H,33,38)(H,34,39)(H,36,37)/t20-,21+,24+/m0/s1. The zero-order chi connectivity index (χ0) is 29.1. The van der Waals surface area contributed by atoms with E-state index in [1.807, 2.05) is 0 Å². The van der Waals surface area contributed by atoms with Crippen LogP contribution in [-0.2, 0) is 11.3 Å². The first kappa shape index (κ1) is 29.2. The van der Waals surface area contributed by atoms with Crippen molar-refractivity contribution < 1.29 is 37.4 Å². The van der Waals surface area contributed by atoms with Crippen LogP contribution in [-0.4, -0.2) is 47.4 Å². The molecule has 8 nitrogen and oxygen atoms in total. The fraction of sp³-hybridized carbons (Fsp3) is 0.483. The van der Waals surface area contributed by atoms with Crippen molar-refractivity contribution in [2.24, 2.45) is 23.2 Å². The Bertz CT molecular complexity index is 1210. The summed E-state index contributed by atoms with van der Waals surface area (Å²) in [6.07, 6.45) is -1.67. The molecule has 11 heteroatoms. The van der Waals surface area contributed by atoms with E-state index in [0.29, 0.717) is 35.5 Å². The number of hydrogen-bond donors (Lipinski definition) is 3. The van der Waals surface area contributed by atoms with Gasteiger partial charge in [0.1, 0.15) is 5.75 Å². The van der Waals surface area contributed by atoms with Gasteiger partial charge in [0.15, 0.2) is 0 Å². The number of rotatable bonds is 10. The van der Waals surface area contributed by atoms with Gasteiger partial charge in [0.25, 0.3) is 5.91 Å². The Morgan fingerprint density at radius 1 is 1.05 bits per heavy atom. The minimum Gasteiger partial charge on any atom is -0.481 e. The highest BCUT2D eigenvalue weighted by Crippen LogP contribution is 2.61. The van der Waals surface area contributed by atoms with Gasteiger partial charge < -0.3 is 25.4 Å². The van der Waals surface area contributed by atoms with Gasteiger partial charge in [0, 0.05) is 30.9 Å². The first-order valence-electron chi connectivity index (χ1n) is 13.3. The van der Waals surface area contributed by atoms with E-state index in [-0.39, 0.29) is 42.6 Å². The van der Waals surface area contributed by atoms with E-state index in [4.69, 9.17) is 5.11 Å². The van der Waals surface area contributed by atoms with Crippen LogP contribution in [0.4, 0.5) is 23.7 Å². The van der Waals surface area contributed by atoms with Crippen molar-refractivity contribution in [3.8, 4) is 5.75 Å². The number of anilines is 1. The Morgan fingerprint density at radius 3 is 2.30 bits per heavy atom. The summed E-state index contributed by atoms with van der Waals surface area (Å²) in [5, 5.41) is 14.1. The average Bonchev–Trinajstić information content (AvgIpc) is 2.88. The number of halogens is 3. The predicted octanol–water partition coefficient (Wildman–Crippen LogP) is 5.90. The van der Waals surface area contributed by atoms with E-state index in [9.17, 15) is 27.6 Å². The van der Waals surface area contributed by atoms with E-state index in [2.05, 4.69) is 29.2 Å². The van der Waals surface area contributed by atoms with E-state index >= 15 is 0 Å². The number of nitrogens with one attached hydrogen (secondary N) is 2. The minimum absolute atomic E-state index is 0.0208. The van der Waals surface area contributed by atoms with Gasteiger partial charge >= 0.3 is 18.4 Å². The third-order valence-corrected chi connectivity index (χ3v) is 8.30. The van der Waals surface area contributed by atoms with Gasteiger partial charge in [-0.25, -0.2) is 4.79 Å². The molecule has 0 saturated heterocycles. The number of carbonyl (C=O) groups excluding carboxylic acids is 2. The fourth-order valence-electron chi connectivity index (χ4n) is 5.99. The fourth-order valence-corrected chi connectivity index (χ4v) is 5.99. The van der Waals surface area contributed by atoms with Crippen LogP contribution in [0.2, 0.25) is 0 Å². The molecule has 0 radical (unpaired) electrons. The number of benzene rings is 2. The second kappa shape index (κ2) is 11.8. The summed E-state index contributed by atoms with van der Waals surface area (Å²) in [6.45, 7) is 5.39. The van der Waals surface area contributed by atoms with Crippen molar-refractivity contribution in [1.29, 1.82) is 0 Å². The lowest BCUT2D eigenvalue weighted by atomic mass is 9.45. The molecular weight excluding hydrogens is 527 g/mol. The van der Waals surface area contributed by atoms with Crippen LogP contribution in [0, 0.1) is 23.2 Å². The summed E-state index contributed by atoms with van der Waals surface area (Å²) in [4.78, 5) is 38.1. The zero-order valence-corrected chi connectivity index (χ0v) is 22.5. The summed E-state index contributed by atoms with van der Waals surface area (Å²) in [6, 6.07) is 11.4. The van der Waals surface area contributed by atoms with Crippen LogP contribution in [0.15, 0.2) is 48.5 Å². The number of hydrogen-bond acceptors (Lipinski definition) is 4. The smallest absolute Gasteiger partial charge is 0.481 e. The SMILES string of the molecule is CC1(C)[C@@H]2CC[C@@H](CN(Cc3ccc(C(=O)NCCC(=O)O)cc3)C(=O)Nc3ccc(OC(F)(F)F)cc3)[C@H]1C2. The van der Waals surface area contributed by atoms with Crippen molar-refractivity contribution in [3.05, 3.63) is 59.7 Å². The molecule has 0 aliphatic heterocycles. The van der Waals surface area contributed by atoms with Crippen LogP contribution < -0.4 is 15.4 Å². The molecule has 2 aromatic carbocycles. The minimum atomic E-state index is -4.80. The van der Waals surface area contributed by atoms with Gasteiger partial charge in [-0.3, -0.25) is 9.59 Å². The lowest BCUT2D eigenvalue weighted by Crippen LogP contribution is -2.55. The van der Waals surface area contributed by atoms with Gasteiger partial charge in [-0.15, -0.1) is 13.2 Å². The first-order chi connectivity index (χ1) is 18.8. The van der Waals surface area contributed by atoms with Crippen LogP contribution >= 0.6 is 0 Å². The molecule has 3 atom stereocenters. The second-order valence-electron chi connectivity index (χ2n) is 11.2. The zero-order valence-electron chi connectivity index (χ0n) is 22.5. The molecule has 3 N–H and O–H groups in total. The molecule has 0 spiro atoms. The number of alkyl halides is 3. The number of aliphatic carboxylic acids is 1. The van der Waals surface area contributed by atoms with Gasteiger partial charge in [-0.2, -0.15) is 0 Å². The van der Waals surface area contributed by atoms with Crippen molar-refractivity contribution >= 4 is 23.6 Å². The molecule has 216 valence electrons. The average molecular weight is 562 g/mol. The Kier molecular flexibility index (Phi) is 8.60. The number of carbonyl (C=O) groups is 3. The van der Waals surface area contributed by atoms with Crippen molar-refractivity contribution in [3.63, 3.8) is 0 Å². The van der Waals surface area contributed by atoms with Crippen LogP contribution in [0.25, 0.3) is 0 Å². The molecule has 40 heavy (non-hydrogen) atoms. The van der Waals surface area contributed by atoms with Crippen molar-refractivity contribution in [2.45, 2.75) is 52.4 Å². The number of urea groups is 1. The van der Waals surface area contributed by atoms with E-state index in [0.717, 1.165) is 37.0 Å². The van der Waals surface area contributed by atoms with Gasteiger partial charge in [0.05, 0.1) is 6.42 Å². The van der Waals surface area contributed by atoms with E-state index in [1.54, 1.807) is 29.2 Å². The largest absolute Gasteiger partial charge is 0.573 e. The molecule has 5 rings (SSSR count). The molecule has 2 bridgehead atoms. The maximum atomic E-state index is 13.4. The molecule has 3 fully saturated rings. The molecule has 3 aliphatic rings. The monoisotopic (exact) mass is 561 g/mol. The lowest BCUT2D eigenvalue weighted by molar-refractivity contribution is -0.274. The number of fused-ring (bicyclic) bond motifs is 2. The molecule has 3 amide bonds. The predicted molar refractivity (Wildman–Crippen MR) is 142 cm³/mol. The van der Waals surface area contributed by atoms with E-state index < -0.39 is 12.3 Å². The summed E-state index contributed by atoms with van der Waals surface area (Å²) >= 11 is 0. The second-order valence-corrected chi connectivity index (χ2v) is 11.2. The molecule has 0 heterocycles. The van der Waals surface area contributed by atoms with Crippen LogP contribution in [0.3, 0.4) is 0 Å². The summed E-state index contributed by atoms with van der Waals surface area (Å²) < 4.78 is 41.4. The number of nitrogens with zero attached hydrogens (tertiary/aromatic N) is 1. The summed E-state index contributed by atoms with van der Waals surface area (Å²) in [5.74, 6) is -0.214. The van der Waals surface area contributed by atoms with Crippen LogP contribution in [0.1, 0.15) is 55.5 Å². The van der Waals surface area contributed by atoms with Gasteiger partial charge in [0.2, 0.25) is 0 Å². The van der Waals surface area contributed by atoms with E-state index in [1.165, 1.54) is 12.1 Å². The highest BCUT2D eigenvalue weighted by molar-refractivity contribution is 5.94. The molecule has 0 unspecified atom stereocenters. The molecule has 0 aromatic heterocycles. The van der Waals surface area contributed by atoms with Crippen LogP contribution in [0.5, 0.6) is 5.75 Å². The number of carboxylic acid groups (broad SMARTS) is 1. The quantitative estimate of drug-likeness (QED) is 0.335. The molecule has 2 aromatic rings. The molecular formula is C29H34F3N3O5. The lowest BCUT2D eigenvalue weighted by Gasteiger charge is -2.60. The highest BCUT2D eigenvalue weighted by Gasteiger charge is 2.54. The third kappa shape index (κ3) is 7.25. The Morgan fingerprint density at radius 2 is 1.73 bits per heavy atom. The number of ether oxygens (including phenoxy) is 1. The van der Waals surface area contributed by atoms with Gasteiger partial charge in [-0.05, 0) is 84.4 Å². The summed E-state index contributed by atoms with van der Waals surface area (Å²) in [5.41, 5.74) is 1.74. The van der Waals surface area contributed by atoms with Gasteiger partial charge in [-0.1, -0.05) is 26.0 Å². The molecule has 3 aliphatic carbocycles. The topological polar surface area (TPSA) is 108 Å². The number of amides is 3. The Labute approximate surface area is 230 Å². The third-order valence-electron chi connectivity index (χ3n) is 8.30. The maximum Gasteiger partial charge on any atom is 0.573 e. The van der Waals surface area contributed by atoms with Crippen molar-refractivity contribution in [1.82, 2.24) is 10.2 Å². The maximum absolute atomic E-state index is 13.4. The Balaban J connectivity index is 1.45. The normalized spacial score (nSPS) is 21.1. The number of carboxylic acids is 1. The van der Waals surface area contributed by atoms with Crippen molar-refractivity contribution in [2.75, 3.05) is 18.4 Å².